The SMILES string of the molecule is CC1(C(=O)NCC2(CCO)CC2)CCNC1. The van der Waals surface area contributed by atoms with Gasteiger partial charge in [-0.3, -0.25) is 4.79 Å². The average Bonchev–Trinajstić information content (AvgIpc) is 2.88. The fourth-order valence-corrected chi connectivity index (χ4v) is 2.42. The minimum Gasteiger partial charge on any atom is -0.396 e. The molecule has 3 N–H and O–H groups in total. The summed E-state index contributed by atoms with van der Waals surface area (Å²) in [4.78, 5) is 12.0. The number of carbonyl (C=O) groups is 1. The Labute approximate surface area is 96.8 Å². The highest BCUT2D eigenvalue weighted by Crippen LogP contribution is 2.48. The van der Waals surface area contributed by atoms with Crippen LogP contribution in [-0.2, 0) is 4.79 Å². The summed E-state index contributed by atoms with van der Waals surface area (Å²) in [6.45, 7) is 4.71. The fraction of sp³-hybridized carbons (Fsp3) is 0.917. The average molecular weight is 226 g/mol. The predicted molar refractivity (Wildman–Crippen MR) is 62.0 cm³/mol. The first-order valence-corrected chi connectivity index (χ1v) is 6.20. The maximum absolute atomic E-state index is 12.0. The van der Waals surface area contributed by atoms with Crippen LogP contribution in [-0.4, -0.2) is 37.3 Å². The van der Waals surface area contributed by atoms with Crippen LogP contribution in [0.1, 0.15) is 32.6 Å². The minimum absolute atomic E-state index is 0.168. The number of amides is 1. The molecule has 1 saturated heterocycles. The highest BCUT2D eigenvalue weighted by Gasteiger charge is 2.43. The van der Waals surface area contributed by atoms with E-state index in [0.717, 1.165) is 45.3 Å². The fourth-order valence-electron chi connectivity index (χ4n) is 2.42. The molecule has 0 aromatic heterocycles. The van der Waals surface area contributed by atoms with Crippen LogP contribution in [0.4, 0.5) is 0 Å². The van der Waals surface area contributed by atoms with Crippen molar-refractivity contribution in [3.8, 4) is 0 Å². The lowest BCUT2D eigenvalue weighted by atomic mass is 9.88. The van der Waals surface area contributed by atoms with Crippen LogP contribution in [0.15, 0.2) is 0 Å². The first-order valence-electron chi connectivity index (χ1n) is 6.20. The van der Waals surface area contributed by atoms with E-state index >= 15 is 0 Å². The van der Waals surface area contributed by atoms with Gasteiger partial charge in [-0.1, -0.05) is 0 Å². The van der Waals surface area contributed by atoms with Crippen LogP contribution in [0.5, 0.6) is 0 Å². The van der Waals surface area contributed by atoms with Gasteiger partial charge >= 0.3 is 0 Å². The number of hydrogen-bond donors (Lipinski definition) is 3. The Morgan fingerprint density at radius 2 is 2.19 bits per heavy atom. The van der Waals surface area contributed by atoms with Crippen molar-refractivity contribution in [3.05, 3.63) is 0 Å². The molecule has 1 saturated carbocycles. The van der Waals surface area contributed by atoms with E-state index in [-0.39, 0.29) is 23.3 Å². The molecule has 92 valence electrons. The largest absolute Gasteiger partial charge is 0.396 e. The van der Waals surface area contributed by atoms with Crippen LogP contribution in [0.25, 0.3) is 0 Å². The zero-order chi connectivity index (χ0) is 11.6. The molecule has 2 rings (SSSR count). The van der Waals surface area contributed by atoms with Crippen molar-refractivity contribution in [2.45, 2.75) is 32.6 Å². The monoisotopic (exact) mass is 226 g/mol. The number of carbonyl (C=O) groups excluding carboxylic acids is 1. The van der Waals surface area contributed by atoms with Crippen molar-refractivity contribution in [3.63, 3.8) is 0 Å². The van der Waals surface area contributed by atoms with E-state index in [2.05, 4.69) is 10.6 Å². The summed E-state index contributed by atoms with van der Waals surface area (Å²) in [5.41, 5.74) is -0.0118. The van der Waals surface area contributed by atoms with Crippen molar-refractivity contribution < 1.29 is 9.90 Å². The normalized spacial score (nSPS) is 31.4. The summed E-state index contributed by atoms with van der Waals surface area (Å²) in [6.07, 6.45) is 4.03. The van der Waals surface area contributed by atoms with Crippen LogP contribution in [0.3, 0.4) is 0 Å². The molecule has 1 amide bonds. The van der Waals surface area contributed by atoms with E-state index < -0.39 is 0 Å². The molecular formula is C12H22N2O2. The number of nitrogens with one attached hydrogen (secondary N) is 2. The van der Waals surface area contributed by atoms with Crippen LogP contribution in [0.2, 0.25) is 0 Å². The summed E-state index contributed by atoms with van der Waals surface area (Å²) in [7, 11) is 0. The number of aliphatic hydroxyl groups is 1. The Hall–Kier alpha value is -0.610. The van der Waals surface area contributed by atoms with Crippen LogP contribution in [0, 0.1) is 10.8 Å². The van der Waals surface area contributed by atoms with Gasteiger partial charge in [0.1, 0.15) is 0 Å². The predicted octanol–water partition coefficient (Wildman–Crippen LogP) is 0.265. The third kappa shape index (κ3) is 2.38. The second kappa shape index (κ2) is 4.34. The molecule has 1 heterocycles. The van der Waals surface area contributed by atoms with Gasteiger partial charge in [0.25, 0.3) is 0 Å². The number of rotatable bonds is 5. The standard InChI is InChI=1S/C12H22N2O2/c1-11(4-6-13-8-11)10(16)14-9-12(2-3-12)5-7-15/h13,15H,2-9H2,1H3,(H,14,16). The zero-order valence-electron chi connectivity index (χ0n) is 10.0. The van der Waals surface area contributed by atoms with E-state index in [1.807, 2.05) is 6.92 Å². The van der Waals surface area contributed by atoms with Gasteiger partial charge in [0, 0.05) is 19.7 Å². The molecule has 2 fully saturated rings. The highest BCUT2D eigenvalue weighted by molar-refractivity contribution is 5.82. The molecule has 0 bridgehead atoms. The van der Waals surface area contributed by atoms with Gasteiger partial charge in [0.2, 0.25) is 5.91 Å². The minimum atomic E-state index is -0.227. The maximum Gasteiger partial charge on any atom is 0.227 e. The van der Waals surface area contributed by atoms with Crippen molar-refractivity contribution in [2.24, 2.45) is 10.8 Å². The third-order valence-corrected chi connectivity index (χ3v) is 4.14. The van der Waals surface area contributed by atoms with Gasteiger partial charge in [0.05, 0.1) is 5.41 Å². The number of aliphatic hydroxyl groups excluding tert-OH is 1. The molecule has 1 aliphatic heterocycles. The van der Waals surface area contributed by atoms with Crippen molar-refractivity contribution >= 4 is 5.91 Å². The molecule has 4 nitrogen and oxygen atoms in total. The van der Waals surface area contributed by atoms with Gasteiger partial charge in [-0.15, -0.1) is 0 Å². The quantitative estimate of drug-likeness (QED) is 0.630. The maximum atomic E-state index is 12.0. The van der Waals surface area contributed by atoms with Gasteiger partial charge in [0.15, 0.2) is 0 Å². The Bertz CT molecular complexity index is 268. The van der Waals surface area contributed by atoms with Gasteiger partial charge in [-0.05, 0) is 44.6 Å². The summed E-state index contributed by atoms with van der Waals surface area (Å²) in [6, 6.07) is 0. The first kappa shape index (κ1) is 11.9. The summed E-state index contributed by atoms with van der Waals surface area (Å²) in [5.74, 6) is 0.168. The third-order valence-electron chi connectivity index (χ3n) is 4.14. The van der Waals surface area contributed by atoms with Gasteiger partial charge in [-0.2, -0.15) is 0 Å². The number of hydrogen-bond acceptors (Lipinski definition) is 3. The zero-order valence-corrected chi connectivity index (χ0v) is 10.0. The van der Waals surface area contributed by atoms with Gasteiger partial charge < -0.3 is 15.7 Å². The summed E-state index contributed by atoms with van der Waals surface area (Å²) < 4.78 is 0. The molecule has 1 atom stereocenters. The summed E-state index contributed by atoms with van der Waals surface area (Å²) in [5, 5.41) is 15.2. The van der Waals surface area contributed by atoms with E-state index in [9.17, 15) is 4.79 Å². The van der Waals surface area contributed by atoms with E-state index in [0.29, 0.717) is 0 Å². The first-order chi connectivity index (χ1) is 7.60. The molecule has 0 radical (unpaired) electrons. The second-order valence-corrected chi connectivity index (χ2v) is 5.64. The Morgan fingerprint density at radius 3 is 2.69 bits per heavy atom. The Kier molecular flexibility index (Phi) is 3.22. The van der Waals surface area contributed by atoms with E-state index in [4.69, 9.17) is 5.11 Å². The molecule has 2 aliphatic rings. The molecule has 16 heavy (non-hydrogen) atoms. The topological polar surface area (TPSA) is 61.4 Å². The Morgan fingerprint density at radius 1 is 1.44 bits per heavy atom. The lowest BCUT2D eigenvalue weighted by Gasteiger charge is -2.23. The van der Waals surface area contributed by atoms with Crippen molar-refractivity contribution in [1.82, 2.24) is 10.6 Å². The van der Waals surface area contributed by atoms with Crippen molar-refractivity contribution in [1.29, 1.82) is 0 Å². The second-order valence-electron chi connectivity index (χ2n) is 5.64. The van der Waals surface area contributed by atoms with Crippen molar-refractivity contribution in [2.75, 3.05) is 26.2 Å². The molecule has 0 aromatic carbocycles. The molecule has 1 aliphatic carbocycles. The lowest BCUT2D eigenvalue weighted by molar-refractivity contribution is -0.129. The molecule has 0 aromatic rings. The molecule has 0 spiro atoms. The van der Waals surface area contributed by atoms with Gasteiger partial charge in [-0.25, -0.2) is 0 Å². The van der Waals surface area contributed by atoms with E-state index in [1.54, 1.807) is 0 Å². The lowest BCUT2D eigenvalue weighted by Crippen LogP contribution is -2.42. The Balaban J connectivity index is 1.79. The van der Waals surface area contributed by atoms with Crippen LogP contribution < -0.4 is 10.6 Å². The van der Waals surface area contributed by atoms with Crippen LogP contribution >= 0.6 is 0 Å². The summed E-state index contributed by atoms with van der Waals surface area (Å²) >= 11 is 0. The highest BCUT2D eigenvalue weighted by atomic mass is 16.3. The molecule has 1 unspecified atom stereocenters. The molecular weight excluding hydrogens is 204 g/mol. The smallest absolute Gasteiger partial charge is 0.227 e. The van der Waals surface area contributed by atoms with E-state index in [1.165, 1.54) is 0 Å². The molecule has 4 heteroatoms.